The van der Waals surface area contributed by atoms with Crippen molar-refractivity contribution in [1.82, 2.24) is 0 Å². The Morgan fingerprint density at radius 1 is 1.25 bits per heavy atom. The van der Waals surface area contributed by atoms with Gasteiger partial charge in [0, 0.05) is 5.92 Å². The van der Waals surface area contributed by atoms with Gasteiger partial charge in [0.25, 0.3) is 0 Å². The molecular weight excluding hydrogens is 152 g/mol. The van der Waals surface area contributed by atoms with Crippen molar-refractivity contribution in [3.05, 3.63) is 0 Å². The highest BCUT2D eigenvalue weighted by Crippen LogP contribution is 2.44. The number of fused-ring (bicyclic) bond motifs is 2. The van der Waals surface area contributed by atoms with Gasteiger partial charge in [-0.25, -0.2) is 0 Å². The molecule has 0 aromatic heterocycles. The lowest BCUT2D eigenvalue weighted by atomic mass is 9.62. The standard InChI is InChI=1S/C10H14O2/c11-7-10-5-1-3-8(9(10)12)4-2-6-10/h7-8H,1-6H2. The molecule has 2 aliphatic rings. The molecule has 0 amide bonds. The van der Waals surface area contributed by atoms with Crippen LogP contribution < -0.4 is 0 Å². The molecule has 66 valence electrons. The minimum atomic E-state index is -0.541. The third-order valence-electron chi connectivity index (χ3n) is 3.44. The SMILES string of the molecule is O=CC12CCCC(CCC1)C2=O. The van der Waals surface area contributed by atoms with Gasteiger partial charge in [0.2, 0.25) is 0 Å². The van der Waals surface area contributed by atoms with E-state index in [2.05, 4.69) is 0 Å². The summed E-state index contributed by atoms with van der Waals surface area (Å²) in [5.74, 6) is 0.465. The van der Waals surface area contributed by atoms with E-state index in [-0.39, 0.29) is 11.7 Å². The van der Waals surface area contributed by atoms with Crippen molar-refractivity contribution in [3.8, 4) is 0 Å². The lowest BCUT2D eigenvalue weighted by Crippen LogP contribution is -2.44. The number of Topliss-reactive ketones (excluding diaryl/α,β-unsaturated/α-hetero) is 1. The molecule has 2 saturated carbocycles. The number of carbonyl (C=O) groups excluding carboxylic acids is 2. The van der Waals surface area contributed by atoms with E-state index in [9.17, 15) is 9.59 Å². The summed E-state index contributed by atoms with van der Waals surface area (Å²) in [6, 6.07) is 0. The maximum atomic E-state index is 11.7. The van der Waals surface area contributed by atoms with Gasteiger partial charge in [-0.15, -0.1) is 0 Å². The summed E-state index contributed by atoms with van der Waals surface area (Å²) >= 11 is 0. The Kier molecular flexibility index (Phi) is 1.78. The van der Waals surface area contributed by atoms with Crippen molar-refractivity contribution >= 4 is 12.1 Å². The lowest BCUT2D eigenvalue weighted by molar-refractivity contribution is -0.144. The number of aldehydes is 1. The molecule has 2 fully saturated rings. The second-order valence-electron chi connectivity index (χ2n) is 4.12. The highest BCUT2D eigenvalue weighted by Gasteiger charge is 2.46. The topological polar surface area (TPSA) is 34.1 Å². The van der Waals surface area contributed by atoms with E-state index in [4.69, 9.17) is 0 Å². The summed E-state index contributed by atoms with van der Waals surface area (Å²) in [6.07, 6.45) is 6.71. The molecule has 0 radical (unpaired) electrons. The van der Waals surface area contributed by atoms with Crippen LogP contribution in [0.1, 0.15) is 38.5 Å². The first-order valence-electron chi connectivity index (χ1n) is 4.79. The zero-order valence-corrected chi connectivity index (χ0v) is 7.21. The van der Waals surface area contributed by atoms with E-state index in [0.717, 1.165) is 44.8 Å². The summed E-state index contributed by atoms with van der Waals surface area (Å²) in [4.78, 5) is 22.6. The molecule has 2 nitrogen and oxygen atoms in total. The first-order valence-corrected chi connectivity index (χ1v) is 4.79. The van der Waals surface area contributed by atoms with E-state index in [1.54, 1.807) is 0 Å². The minimum absolute atomic E-state index is 0.220. The van der Waals surface area contributed by atoms with Gasteiger partial charge in [-0.05, 0) is 25.7 Å². The maximum Gasteiger partial charge on any atom is 0.149 e. The van der Waals surface area contributed by atoms with Crippen LogP contribution in [0.4, 0.5) is 0 Å². The van der Waals surface area contributed by atoms with Gasteiger partial charge in [-0.2, -0.15) is 0 Å². The third-order valence-corrected chi connectivity index (χ3v) is 3.44. The number of ketones is 1. The fraction of sp³-hybridized carbons (Fsp3) is 0.800. The molecule has 0 saturated heterocycles. The van der Waals surface area contributed by atoms with Crippen molar-refractivity contribution in [2.24, 2.45) is 11.3 Å². The van der Waals surface area contributed by atoms with Crippen LogP contribution in [0.25, 0.3) is 0 Å². The molecule has 2 bridgehead atoms. The first kappa shape index (κ1) is 7.96. The Hall–Kier alpha value is -0.660. The van der Waals surface area contributed by atoms with Crippen LogP contribution in [-0.2, 0) is 9.59 Å². The molecule has 0 spiro atoms. The van der Waals surface area contributed by atoms with Gasteiger partial charge in [0.15, 0.2) is 0 Å². The molecule has 0 aromatic rings. The highest BCUT2D eigenvalue weighted by atomic mass is 16.1. The minimum Gasteiger partial charge on any atom is -0.302 e. The van der Waals surface area contributed by atoms with Crippen molar-refractivity contribution < 1.29 is 9.59 Å². The molecule has 0 atom stereocenters. The van der Waals surface area contributed by atoms with Gasteiger partial charge in [0.05, 0.1) is 5.41 Å². The molecule has 0 heterocycles. The predicted octanol–water partition coefficient (Wildman–Crippen LogP) is 1.72. The normalized spacial score (nSPS) is 41.0. The third kappa shape index (κ3) is 0.936. The summed E-state index contributed by atoms with van der Waals surface area (Å²) < 4.78 is 0. The Balaban J connectivity index is 2.29. The molecule has 2 rings (SSSR count). The number of rotatable bonds is 1. The first-order chi connectivity index (χ1) is 5.78. The second kappa shape index (κ2) is 2.68. The Morgan fingerprint density at radius 3 is 2.25 bits per heavy atom. The summed E-state index contributed by atoms with van der Waals surface area (Å²) in [5.41, 5.74) is -0.541. The van der Waals surface area contributed by atoms with Crippen LogP contribution >= 0.6 is 0 Å². The van der Waals surface area contributed by atoms with Gasteiger partial charge < -0.3 is 4.79 Å². The van der Waals surface area contributed by atoms with E-state index in [0.29, 0.717) is 0 Å². The molecule has 0 unspecified atom stereocenters. The van der Waals surface area contributed by atoms with E-state index in [1.807, 2.05) is 0 Å². The lowest BCUT2D eigenvalue weighted by Gasteiger charge is -2.39. The van der Waals surface area contributed by atoms with Crippen LogP contribution in [0.15, 0.2) is 0 Å². The van der Waals surface area contributed by atoms with Crippen molar-refractivity contribution in [2.45, 2.75) is 38.5 Å². The van der Waals surface area contributed by atoms with E-state index < -0.39 is 5.41 Å². The molecule has 0 aromatic carbocycles. The number of hydrogen-bond donors (Lipinski definition) is 0. The molecule has 0 N–H and O–H groups in total. The van der Waals surface area contributed by atoms with Crippen LogP contribution in [0.3, 0.4) is 0 Å². The van der Waals surface area contributed by atoms with E-state index in [1.165, 1.54) is 0 Å². The van der Waals surface area contributed by atoms with Gasteiger partial charge in [0.1, 0.15) is 12.1 Å². The Labute approximate surface area is 72.3 Å². The van der Waals surface area contributed by atoms with Gasteiger partial charge in [-0.3, -0.25) is 4.79 Å². The molecular formula is C10H14O2. The fourth-order valence-electron chi connectivity index (χ4n) is 2.69. The Morgan fingerprint density at radius 2 is 1.83 bits per heavy atom. The molecule has 0 aliphatic heterocycles. The van der Waals surface area contributed by atoms with Crippen molar-refractivity contribution in [3.63, 3.8) is 0 Å². The van der Waals surface area contributed by atoms with Crippen LogP contribution in [0, 0.1) is 11.3 Å². The van der Waals surface area contributed by atoms with Crippen LogP contribution in [-0.4, -0.2) is 12.1 Å². The Bertz CT molecular complexity index is 210. The van der Waals surface area contributed by atoms with Crippen molar-refractivity contribution in [2.75, 3.05) is 0 Å². The van der Waals surface area contributed by atoms with Crippen molar-refractivity contribution in [1.29, 1.82) is 0 Å². The number of hydrogen-bond acceptors (Lipinski definition) is 2. The van der Waals surface area contributed by atoms with Crippen LogP contribution in [0.2, 0.25) is 0 Å². The quantitative estimate of drug-likeness (QED) is 0.439. The maximum absolute atomic E-state index is 11.7. The molecule has 2 aliphatic carbocycles. The summed E-state index contributed by atoms with van der Waals surface area (Å²) in [6.45, 7) is 0. The number of carbonyl (C=O) groups is 2. The smallest absolute Gasteiger partial charge is 0.149 e. The van der Waals surface area contributed by atoms with Crippen LogP contribution in [0.5, 0.6) is 0 Å². The predicted molar refractivity (Wildman–Crippen MR) is 44.7 cm³/mol. The van der Waals surface area contributed by atoms with Gasteiger partial charge >= 0.3 is 0 Å². The monoisotopic (exact) mass is 166 g/mol. The molecule has 2 heteroatoms. The highest BCUT2D eigenvalue weighted by molar-refractivity contribution is 6.00. The summed E-state index contributed by atoms with van der Waals surface area (Å²) in [5, 5.41) is 0. The van der Waals surface area contributed by atoms with E-state index >= 15 is 0 Å². The molecule has 12 heavy (non-hydrogen) atoms. The fourth-order valence-corrected chi connectivity index (χ4v) is 2.69. The average molecular weight is 166 g/mol. The summed E-state index contributed by atoms with van der Waals surface area (Å²) in [7, 11) is 0. The second-order valence-corrected chi connectivity index (χ2v) is 4.12. The van der Waals surface area contributed by atoms with Gasteiger partial charge in [-0.1, -0.05) is 12.8 Å². The zero-order chi connectivity index (χ0) is 8.60. The average Bonchev–Trinajstić information content (AvgIpc) is 2.05. The zero-order valence-electron chi connectivity index (χ0n) is 7.21. The largest absolute Gasteiger partial charge is 0.302 e.